The largest absolute Gasteiger partial charge is 0.298 e. The summed E-state index contributed by atoms with van der Waals surface area (Å²) in [6.45, 7) is 1.07. The minimum atomic E-state index is 1.07. The highest BCUT2D eigenvalue weighted by molar-refractivity contribution is 5.56. The van der Waals surface area contributed by atoms with Crippen LogP contribution in [0.15, 0.2) is 4.99 Å². The summed E-state index contributed by atoms with van der Waals surface area (Å²) in [5.41, 5.74) is 0. The second-order valence-corrected chi connectivity index (χ2v) is 4.06. The molecule has 1 aliphatic heterocycles. The number of nitrogens with zero attached hydrogens (tertiary/aromatic N) is 1. The van der Waals surface area contributed by atoms with E-state index in [2.05, 4.69) is 11.2 Å². The van der Waals surface area contributed by atoms with Gasteiger partial charge in [-0.3, -0.25) is 4.99 Å². The van der Waals surface area contributed by atoms with Gasteiger partial charge in [-0.05, 0) is 25.5 Å². The van der Waals surface area contributed by atoms with Crippen LogP contribution in [0.2, 0.25) is 0 Å². The van der Waals surface area contributed by atoms with E-state index < -0.39 is 0 Å². The molecule has 0 saturated carbocycles. The molecule has 0 N–H and O–H groups in total. The zero-order chi connectivity index (χ0) is 9.19. The first-order valence-corrected chi connectivity index (χ1v) is 5.98. The summed E-state index contributed by atoms with van der Waals surface area (Å²) in [6.07, 6.45) is 16.0. The Bertz CT molecular complexity index is 115. The molecule has 0 aromatic carbocycles. The first-order chi connectivity index (χ1) is 6.50. The van der Waals surface area contributed by atoms with Crippen LogP contribution in [-0.4, -0.2) is 12.8 Å². The van der Waals surface area contributed by atoms with Gasteiger partial charge in [-0.15, -0.1) is 0 Å². The maximum absolute atomic E-state index is 4.41. The number of aliphatic imine (C=N–C) groups is 1. The van der Waals surface area contributed by atoms with Gasteiger partial charge in [0.2, 0.25) is 0 Å². The van der Waals surface area contributed by atoms with Gasteiger partial charge in [0, 0.05) is 6.54 Å². The van der Waals surface area contributed by atoms with Crippen molar-refractivity contribution in [3.8, 4) is 0 Å². The van der Waals surface area contributed by atoms with Crippen LogP contribution < -0.4 is 0 Å². The van der Waals surface area contributed by atoms with E-state index >= 15 is 0 Å². The standard InChI is InChI=1S/C12H23N/c1-2-4-6-8-10-12-13-11-9-7-5-3-1/h11H,1-10,12H2/b13-11-. The Labute approximate surface area is 82.6 Å². The SMILES string of the molecule is C1=N\CCCCCCCCCCC/1. The topological polar surface area (TPSA) is 12.4 Å². The molecule has 13 heavy (non-hydrogen) atoms. The van der Waals surface area contributed by atoms with Crippen molar-refractivity contribution in [2.45, 2.75) is 64.2 Å². The Morgan fingerprint density at radius 3 is 1.85 bits per heavy atom. The normalized spacial score (nSPS) is 25.2. The van der Waals surface area contributed by atoms with Crippen molar-refractivity contribution in [3.05, 3.63) is 0 Å². The molecule has 0 aliphatic carbocycles. The van der Waals surface area contributed by atoms with Gasteiger partial charge in [-0.1, -0.05) is 44.9 Å². The predicted molar refractivity (Wildman–Crippen MR) is 59.5 cm³/mol. The van der Waals surface area contributed by atoms with Crippen LogP contribution in [0.4, 0.5) is 0 Å². The number of rotatable bonds is 0. The fourth-order valence-electron chi connectivity index (χ4n) is 1.86. The highest BCUT2D eigenvalue weighted by Gasteiger charge is 1.93. The summed E-state index contributed by atoms with van der Waals surface area (Å²) in [6, 6.07) is 0. The van der Waals surface area contributed by atoms with Crippen molar-refractivity contribution in [1.82, 2.24) is 0 Å². The van der Waals surface area contributed by atoms with Gasteiger partial charge < -0.3 is 0 Å². The van der Waals surface area contributed by atoms with Gasteiger partial charge in [-0.25, -0.2) is 0 Å². The third kappa shape index (κ3) is 6.80. The van der Waals surface area contributed by atoms with E-state index in [1.54, 1.807) is 0 Å². The first-order valence-electron chi connectivity index (χ1n) is 5.98. The van der Waals surface area contributed by atoms with E-state index in [1.807, 2.05) is 0 Å². The lowest BCUT2D eigenvalue weighted by molar-refractivity contribution is 0.567. The van der Waals surface area contributed by atoms with E-state index in [9.17, 15) is 0 Å². The van der Waals surface area contributed by atoms with E-state index in [0.29, 0.717) is 0 Å². The lowest BCUT2D eigenvalue weighted by Crippen LogP contribution is -1.83. The lowest BCUT2D eigenvalue weighted by atomic mass is 10.1. The van der Waals surface area contributed by atoms with E-state index in [-0.39, 0.29) is 0 Å². The quantitative estimate of drug-likeness (QED) is 0.536. The van der Waals surface area contributed by atoms with Crippen LogP contribution in [0.5, 0.6) is 0 Å². The van der Waals surface area contributed by atoms with Crippen molar-refractivity contribution in [1.29, 1.82) is 0 Å². The van der Waals surface area contributed by atoms with Crippen LogP contribution in [0.3, 0.4) is 0 Å². The Hall–Kier alpha value is -0.330. The van der Waals surface area contributed by atoms with Crippen molar-refractivity contribution in [2.75, 3.05) is 6.54 Å². The summed E-state index contributed by atoms with van der Waals surface area (Å²) in [7, 11) is 0. The molecular formula is C12H23N. The molecule has 0 aromatic rings. The molecule has 0 spiro atoms. The maximum atomic E-state index is 4.41. The average molecular weight is 181 g/mol. The second-order valence-electron chi connectivity index (χ2n) is 4.06. The third-order valence-electron chi connectivity index (χ3n) is 2.75. The van der Waals surface area contributed by atoms with Crippen molar-refractivity contribution in [2.24, 2.45) is 4.99 Å². The molecule has 0 bridgehead atoms. The number of hydrogen-bond acceptors (Lipinski definition) is 1. The van der Waals surface area contributed by atoms with E-state index in [4.69, 9.17) is 0 Å². The van der Waals surface area contributed by atoms with Crippen molar-refractivity contribution < 1.29 is 0 Å². The van der Waals surface area contributed by atoms with Gasteiger partial charge in [-0.2, -0.15) is 0 Å². The molecule has 1 heteroatoms. The van der Waals surface area contributed by atoms with Gasteiger partial charge in [0.25, 0.3) is 0 Å². The second kappa shape index (κ2) is 8.28. The Morgan fingerprint density at radius 1 is 0.615 bits per heavy atom. The van der Waals surface area contributed by atoms with Crippen LogP contribution >= 0.6 is 0 Å². The Kier molecular flexibility index (Phi) is 6.84. The van der Waals surface area contributed by atoms with Crippen LogP contribution in [-0.2, 0) is 0 Å². The molecule has 76 valence electrons. The van der Waals surface area contributed by atoms with Crippen LogP contribution in [0.25, 0.3) is 0 Å². The highest BCUT2D eigenvalue weighted by atomic mass is 14.7. The van der Waals surface area contributed by atoms with Crippen molar-refractivity contribution >= 4 is 6.21 Å². The van der Waals surface area contributed by atoms with Crippen molar-refractivity contribution in [3.63, 3.8) is 0 Å². The average Bonchev–Trinajstić information content (AvgIpc) is 2.18. The molecule has 1 nitrogen and oxygen atoms in total. The van der Waals surface area contributed by atoms with Crippen LogP contribution in [0.1, 0.15) is 64.2 Å². The first kappa shape index (κ1) is 10.7. The molecule has 0 saturated heterocycles. The predicted octanol–water partition coefficient (Wildman–Crippen LogP) is 3.97. The molecule has 1 heterocycles. The monoisotopic (exact) mass is 181 g/mol. The van der Waals surface area contributed by atoms with Gasteiger partial charge in [0.05, 0.1) is 0 Å². The molecule has 0 unspecified atom stereocenters. The summed E-state index contributed by atoms with van der Waals surface area (Å²) in [4.78, 5) is 4.41. The Morgan fingerprint density at radius 2 is 1.15 bits per heavy atom. The summed E-state index contributed by atoms with van der Waals surface area (Å²) < 4.78 is 0. The highest BCUT2D eigenvalue weighted by Crippen LogP contribution is 2.10. The fourth-order valence-corrected chi connectivity index (χ4v) is 1.86. The minimum Gasteiger partial charge on any atom is -0.298 e. The third-order valence-corrected chi connectivity index (χ3v) is 2.75. The zero-order valence-corrected chi connectivity index (χ0v) is 8.80. The summed E-state index contributed by atoms with van der Waals surface area (Å²) in [5, 5.41) is 0. The smallest absolute Gasteiger partial charge is 0.0385 e. The Balaban J connectivity index is 2.09. The molecule has 0 aromatic heterocycles. The summed E-state index contributed by atoms with van der Waals surface area (Å²) >= 11 is 0. The van der Waals surface area contributed by atoms with E-state index in [1.165, 1.54) is 64.2 Å². The molecule has 0 amide bonds. The molecule has 1 aliphatic rings. The molecule has 0 radical (unpaired) electrons. The fraction of sp³-hybridized carbons (Fsp3) is 0.917. The number of hydrogen-bond donors (Lipinski definition) is 0. The van der Waals surface area contributed by atoms with Gasteiger partial charge in [0.1, 0.15) is 0 Å². The molecule has 0 fully saturated rings. The maximum Gasteiger partial charge on any atom is 0.0385 e. The lowest BCUT2D eigenvalue weighted by Gasteiger charge is -1.99. The molecular weight excluding hydrogens is 158 g/mol. The summed E-state index contributed by atoms with van der Waals surface area (Å²) in [5.74, 6) is 0. The van der Waals surface area contributed by atoms with Gasteiger partial charge in [0.15, 0.2) is 0 Å². The van der Waals surface area contributed by atoms with Crippen LogP contribution in [0, 0.1) is 0 Å². The zero-order valence-electron chi connectivity index (χ0n) is 8.80. The minimum absolute atomic E-state index is 1.07. The molecule has 1 rings (SSSR count). The van der Waals surface area contributed by atoms with Gasteiger partial charge >= 0.3 is 0 Å². The van der Waals surface area contributed by atoms with E-state index in [0.717, 1.165) is 6.54 Å². The molecule has 0 atom stereocenters.